The van der Waals surface area contributed by atoms with Crippen molar-refractivity contribution >= 4 is 22.5 Å². The Morgan fingerprint density at radius 1 is 1.27 bits per heavy atom. The number of nitrogens with one attached hydrogen (secondary N) is 2. The minimum absolute atomic E-state index is 0.0127. The number of rotatable bonds is 5. The van der Waals surface area contributed by atoms with E-state index in [0.717, 1.165) is 36.2 Å². The van der Waals surface area contributed by atoms with E-state index in [4.69, 9.17) is 4.74 Å². The summed E-state index contributed by atoms with van der Waals surface area (Å²) in [5, 5.41) is 4.21. The third kappa shape index (κ3) is 3.38. The van der Waals surface area contributed by atoms with Gasteiger partial charge in [0.1, 0.15) is 5.75 Å². The Morgan fingerprint density at radius 2 is 2.19 bits per heavy atom. The molecule has 1 aliphatic rings. The van der Waals surface area contributed by atoms with Crippen molar-refractivity contribution in [3.8, 4) is 5.75 Å². The monoisotopic (exact) mass is 349 g/mol. The molecule has 0 radical (unpaired) electrons. The van der Waals surface area contributed by atoms with Crippen LogP contribution in [0.4, 0.5) is 5.69 Å². The van der Waals surface area contributed by atoms with Crippen LogP contribution in [-0.4, -0.2) is 37.6 Å². The molecule has 1 amide bonds. The van der Waals surface area contributed by atoms with Crippen molar-refractivity contribution in [3.05, 3.63) is 60.3 Å². The maximum atomic E-state index is 12.4. The van der Waals surface area contributed by atoms with Gasteiger partial charge < -0.3 is 19.9 Å². The molecule has 0 bridgehead atoms. The number of anilines is 1. The van der Waals surface area contributed by atoms with Crippen LogP contribution in [-0.2, 0) is 0 Å². The van der Waals surface area contributed by atoms with E-state index in [9.17, 15) is 4.79 Å². The Balaban J connectivity index is 1.34. The zero-order valence-corrected chi connectivity index (χ0v) is 14.9. The first kappa shape index (κ1) is 16.5. The van der Waals surface area contributed by atoms with Gasteiger partial charge in [-0.15, -0.1) is 0 Å². The average molecular weight is 349 g/mol. The summed E-state index contributed by atoms with van der Waals surface area (Å²) in [6.45, 7) is 2.65. The SMILES string of the molecule is COc1cccc(N2CCC(CNC(=O)c3ccc4cc[nH]c4c3)C2)c1. The smallest absolute Gasteiger partial charge is 0.251 e. The number of benzene rings is 2. The van der Waals surface area contributed by atoms with Gasteiger partial charge in [-0.25, -0.2) is 0 Å². The molecule has 1 unspecified atom stereocenters. The van der Waals surface area contributed by atoms with Crippen molar-refractivity contribution in [2.24, 2.45) is 5.92 Å². The van der Waals surface area contributed by atoms with Crippen molar-refractivity contribution in [3.63, 3.8) is 0 Å². The van der Waals surface area contributed by atoms with E-state index in [0.29, 0.717) is 18.0 Å². The second kappa shape index (κ2) is 7.12. The fraction of sp³-hybridized carbons (Fsp3) is 0.286. The highest BCUT2D eigenvalue weighted by Crippen LogP contribution is 2.26. The van der Waals surface area contributed by atoms with Crippen molar-refractivity contribution in [1.29, 1.82) is 0 Å². The fourth-order valence-corrected chi connectivity index (χ4v) is 3.57. The first-order valence-corrected chi connectivity index (χ1v) is 8.97. The standard InChI is InChI=1S/C21H23N3O2/c1-26-19-4-2-3-18(12-19)24-10-8-15(14-24)13-23-21(25)17-6-5-16-7-9-22-20(16)11-17/h2-7,9,11-12,15,22H,8,10,13-14H2,1H3,(H,23,25). The van der Waals surface area contributed by atoms with Crippen LogP contribution in [0.25, 0.3) is 10.9 Å². The first-order valence-electron chi connectivity index (χ1n) is 8.97. The largest absolute Gasteiger partial charge is 0.497 e. The van der Waals surface area contributed by atoms with Crippen LogP contribution < -0.4 is 15.0 Å². The predicted molar refractivity (Wildman–Crippen MR) is 104 cm³/mol. The fourth-order valence-electron chi connectivity index (χ4n) is 3.57. The topological polar surface area (TPSA) is 57.4 Å². The highest BCUT2D eigenvalue weighted by Gasteiger charge is 2.23. The third-order valence-corrected chi connectivity index (χ3v) is 5.07. The molecule has 1 aliphatic heterocycles. The van der Waals surface area contributed by atoms with Gasteiger partial charge in [-0.1, -0.05) is 12.1 Å². The molecule has 26 heavy (non-hydrogen) atoms. The van der Waals surface area contributed by atoms with Gasteiger partial charge in [-0.2, -0.15) is 0 Å². The molecule has 0 spiro atoms. The van der Waals surface area contributed by atoms with Gasteiger partial charge in [0.2, 0.25) is 0 Å². The van der Waals surface area contributed by atoms with Gasteiger partial charge in [0.25, 0.3) is 5.91 Å². The molecule has 0 saturated carbocycles. The number of ether oxygens (including phenoxy) is 1. The molecule has 1 fully saturated rings. The maximum Gasteiger partial charge on any atom is 0.251 e. The number of H-pyrrole nitrogens is 1. The van der Waals surface area contributed by atoms with Gasteiger partial charge in [0.05, 0.1) is 7.11 Å². The van der Waals surface area contributed by atoms with Crippen LogP contribution >= 0.6 is 0 Å². The van der Waals surface area contributed by atoms with Gasteiger partial charge in [-0.3, -0.25) is 4.79 Å². The van der Waals surface area contributed by atoms with Gasteiger partial charge >= 0.3 is 0 Å². The lowest BCUT2D eigenvalue weighted by Gasteiger charge is -2.19. The number of carbonyl (C=O) groups excluding carboxylic acids is 1. The van der Waals surface area contributed by atoms with Crippen LogP contribution in [0.2, 0.25) is 0 Å². The number of methoxy groups -OCH3 is 1. The van der Waals surface area contributed by atoms with Gasteiger partial charge in [0, 0.05) is 48.7 Å². The Bertz CT molecular complexity index is 918. The van der Waals surface area contributed by atoms with Gasteiger partial charge in [-0.05, 0) is 48.1 Å². The summed E-state index contributed by atoms with van der Waals surface area (Å²) in [6.07, 6.45) is 2.96. The van der Waals surface area contributed by atoms with Crippen molar-refractivity contribution in [2.45, 2.75) is 6.42 Å². The first-order chi connectivity index (χ1) is 12.7. The number of fused-ring (bicyclic) bond motifs is 1. The highest BCUT2D eigenvalue weighted by atomic mass is 16.5. The Labute approximate surface area is 153 Å². The summed E-state index contributed by atoms with van der Waals surface area (Å²) < 4.78 is 5.31. The van der Waals surface area contributed by atoms with E-state index in [1.54, 1.807) is 7.11 Å². The van der Waals surface area contributed by atoms with E-state index < -0.39 is 0 Å². The Kier molecular flexibility index (Phi) is 4.52. The number of nitrogens with zero attached hydrogens (tertiary/aromatic N) is 1. The normalized spacial score (nSPS) is 16.8. The minimum Gasteiger partial charge on any atom is -0.497 e. The molecule has 1 saturated heterocycles. The van der Waals surface area contributed by atoms with E-state index in [1.807, 2.05) is 42.6 Å². The molecular formula is C21H23N3O2. The third-order valence-electron chi connectivity index (χ3n) is 5.07. The summed E-state index contributed by atoms with van der Waals surface area (Å²) in [5.74, 6) is 1.32. The summed E-state index contributed by atoms with van der Waals surface area (Å²) in [7, 11) is 1.69. The zero-order chi connectivity index (χ0) is 17.9. The highest BCUT2D eigenvalue weighted by molar-refractivity contribution is 5.97. The Hall–Kier alpha value is -2.95. The van der Waals surface area contributed by atoms with Crippen LogP contribution in [0.1, 0.15) is 16.8 Å². The molecule has 1 atom stereocenters. The number of carbonyl (C=O) groups is 1. The maximum absolute atomic E-state index is 12.4. The molecule has 3 aromatic rings. The number of aromatic amines is 1. The second-order valence-corrected chi connectivity index (χ2v) is 6.79. The molecule has 2 aromatic carbocycles. The Morgan fingerprint density at radius 3 is 3.08 bits per heavy atom. The van der Waals surface area contributed by atoms with Crippen molar-refractivity contribution < 1.29 is 9.53 Å². The van der Waals surface area contributed by atoms with Crippen LogP contribution in [0.3, 0.4) is 0 Å². The lowest BCUT2D eigenvalue weighted by Crippen LogP contribution is -2.31. The zero-order valence-electron chi connectivity index (χ0n) is 14.9. The number of aromatic nitrogens is 1. The molecular weight excluding hydrogens is 326 g/mol. The van der Waals surface area contributed by atoms with E-state index in [2.05, 4.69) is 27.3 Å². The average Bonchev–Trinajstić information content (AvgIpc) is 3.34. The quantitative estimate of drug-likeness (QED) is 0.742. The molecule has 2 heterocycles. The summed E-state index contributed by atoms with van der Waals surface area (Å²) >= 11 is 0. The van der Waals surface area contributed by atoms with Crippen LogP contribution in [0.15, 0.2) is 54.7 Å². The van der Waals surface area contributed by atoms with Gasteiger partial charge in [0.15, 0.2) is 0 Å². The molecule has 0 aliphatic carbocycles. The van der Waals surface area contributed by atoms with E-state index >= 15 is 0 Å². The molecule has 2 N–H and O–H groups in total. The molecule has 5 nitrogen and oxygen atoms in total. The number of hydrogen-bond acceptors (Lipinski definition) is 3. The van der Waals surface area contributed by atoms with E-state index in [1.165, 1.54) is 5.69 Å². The second-order valence-electron chi connectivity index (χ2n) is 6.79. The van der Waals surface area contributed by atoms with Crippen LogP contribution in [0, 0.1) is 5.92 Å². The van der Waals surface area contributed by atoms with Crippen molar-refractivity contribution in [1.82, 2.24) is 10.3 Å². The lowest BCUT2D eigenvalue weighted by atomic mass is 10.1. The van der Waals surface area contributed by atoms with Crippen LogP contribution in [0.5, 0.6) is 5.75 Å². The molecule has 4 rings (SSSR count). The predicted octanol–water partition coefficient (Wildman–Crippen LogP) is 3.43. The number of amides is 1. The summed E-state index contributed by atoms with van der Waals surface area (Å²) in [5.41, 5.74) is 2.86. The number of hydrogen-bond donors (Lipinski definition) is 2. The molecule has 1 aromatic heterocycles. The van der Waals surface area contributed by atoms with E-state index in [-0.39, 0.29) is 5.91 Å². The molecule has 134 valence electrons. The lowest BCUT2D eigenvalue weighted by molar-refractivity contribution is 0.0948. The minimum atomic E-state index is -0.0127. The summed E-state index contributed by atoms with van der Waals surface area (Å²) in [6, 6.07) is 15.9. The summed E-state index contributed by atoms with van der Waals surface area (Å²) in [4.78, 5) is 17.9. The van der Waals surface area contributed by atoms with Crippen molar-refractivity contribution in [2.75, 3.05) is 31.6 Å². The molecule has 5 heteroatoms.